The maximum atomic E-state index is 6.22. The number of fused-ring (bicyclic) bond motifs is 2. The Hall–Kier alpha value is -4.40. The van der Waals surface area contributed by atoms with E-state index in [1.165, 1.54) is 12.8 Å². The molecule has 0 saturated heterocycles. The Morgan fingerprint density at radius 3 is 2.85 bits per heavy atom. The van der Waals surface area contributed by atoms with Crippen LogP contribution in [-0.2, 0) is 0 Å². The molecule has 1 aromatic carbocycles. The first-order valence-electron chi connectivity index (χ1n) is 14.4. The molecule has 41 heavy (non-hydrogen) atoms. The first-order valence-corrected chi connectivity index (χ1v) is 14.4. The van der Waals surface area contributed by atoms with Gasteiger partial charge >= 0.3 is 0 Å². The lowest BCUT2D eigenvalue weighted by Crippen LogP contribution is -2.30. The number of hydrogen-bond donors (Lipinski definition) is 1. The number of allylic oxidation sites excluding steroid dienone is 3. The predicted octanol–water partition coefficient (Wildman–Crippen LogP) is 7.10. The minimum absolute atomic E-state index is 0.412. The van der Waals surface area contributed by atoms with Crippen LogP contribution in [0, 0.1) is 12.8 Å². The number of nitrogens with one attached hydrogen (secondary N) is 1. The second kappa shape index (κ2) is 12.8. The monoisotopic (exact) mass is 553 g/mol. The Morgan fingerprint density at radius 2 is 2.07 bits per heavy atom. The quantitative estimate of drug-likeness (QED) is 0.222. The number of hydrazone groups is 1. The molecule has 3 aromatic rings. The molecule has 0 fully saturated rings. The van der Waals surface area contributed by atoms with Gasteiger partial charge in [-0.1, -0.05) is 32.8 Å². The van der Waals surface area contributed by atoms with Crippen LogP contribution in [0.5, 0.6) is 11.5 Å². The molecule has 0 amide bonds. The highest BCUT2D eigenvalue weighted by Crippen LogP contribution is 2.35. The largest absolute Gasteiger partial charge is 0.489 e. The molecule has 0 bridgehead atoms. The summed E-state index contributed by atoms with van der Waals surface area (Å²) in [6.45, 7) is 12.9. The van der Waals surface area contributed by atoms with Crippen molar-refractivity contribution in [1.29, 1.82) is 0 Å². The van der Waals surface area contributed by atoms with Gasteiger partial charge in [-0.25, -0.2) is 20.0 Å². The molecule has 214 valence electrons. The summed E-state index contributed by atoms with van der Waals surface area (Å²) < 4.78 is 12.4. The number of anilines is 3. The molecule has 2 aliphatic heterocycles. The smallest absolute Gasteiger partial charge is 0.172 e. The molecule has 0 aliphatic carbocycles. The van der Waals surface area contributed by atoms with Crippen molar-refractivity contribution >= 4 is 34.6 Å². The van der Waals surface area contributed by atoms with E-state index in [9.17, 15) is 0 Å². The molecule has 0 spiro atoms. The second-order valence-corrected chi connectivity index (χ2v) is 10.5. The third kappa shape index (κ3) is 6.51. The van der Waals surface area contributed by atoms with E-state index in [0.29, 0.717) is 18.3 Å². The van der Waals surface area contributed by atoms with E-state index in [4.69, 9.17) is 14.5 Å². The summed E-state index contributed by atoms with van der Waals surface area (Å²) in [5, 5.41) is 9.61. The average Bonchev–Trinajstić information content (AvgIpc) is 3.12. The topological polar surface area (TPSA) is 88.0 Å². The van der Waals surface area contributed by atoms with Crippen LogP contribution in [0.1, 0.15) is 52.5 Å². The fourth-order valence-corrected chi connectivity index (χ4v) is 4.98. The van der Waals surface area contributed by atoms with Gasteiger partial charge < -0.3 is 19.7 Å². The Kier molecular flexibility index (Phi) is 8.82. The molecule has 9 nitrogen and oxygen atoms in total. The van der Waals surface area contributed by atoms with Crippen molar-refractivity contribution in [3.05, 3.63) is 72.0 Å². The van der Waals surface area contributed by atoms with E-state index in [-0.39, 0.29) is 0 Å². The molecule has 4 heterocycles. The number of pyridine rings is 1. The molecule has 1 atom stereocenters. The van der Waals surface area contributed by atoms with Gasteiger partial charge in [0.15, 0.2) is 17.4 Å². The number of nitrogens with zero attached hydrogens (tertiary/aromatic N) is 6. The number of benzene rings is 1. The van der Waals surface area contributed by atoms with E-state index >= 15 is 0 Å². The van der Waals surface area contributed by atoms with Crippen LogP contribution in [0.3, 0.4) is 0 Å². The number of hydrogen-bond acceptors (Lipinski definition) is 9. The minimum atomic E-state index is 0.412. The molecule has 2 aromatic heterocycles. The summed E-state index contributed by atoms with van der Waals surface area (Å²) >= 11 is 0. The van der Waals surface area contributed by atoms with Crippen molar-refractivity contribution in [2.45, 2.75) is 53.9 Å². The molecular weight excluding hydrogens is 514 g/mol. The zero-order chi connectivity index (χ0) is 28.8. The van der Waals surface area contributed by atoms with Gasteiger partial charge in [-0.3, -0.25) is 0 Å². The molecular formula is C32H39N7O2. The zero-order valence-corrected chi connectivity index (χ0v) is 24.6. The summed E-state index contributed by atoms with van der Waals surface area (Å²) in [5.74, 6) is 4.25. The standard InChI is InChI=1S/C32H39N7O2/c1-6-9-10-14-38-19-22(4)20-40-29-18-27-30(37-32(29)38)31(34-21-33-27)36-24-11-12-28(23(5)16-24)41-26-13-15-39(35-8-3)25(7-2)17-26/h7-8,11-13,15-18,21-22H,6,9-10,14,19-20H2,1-5H3,(H,33,34,36)/b25-7+,35-8-. The summed E-state index contributed by atoms with van der Waals surface area (Å²) in [7, 11) is 0. The average molecular weight is 554 g/mol. The molecule has 0 radical (unpaired) electrons. The SMILES string of the molecule is C/C=N\N1C=CC(Oc2ccc(Nc3ncnc4cc5c(nc34)N(CCCCC)CC(C)CO5)cc2C)=C/C1=C\C. The van der Waals surface area contributed by atoms with Crippen LogP contribution < -0.4 is 19.7 Å². The fourth-order valence-electron chi connectivity index (χ4n) is 4.98. The predicted molar refractivity (Wildman–Crippen MR) is 166 cm³/mol. The first kappa shape index (κ1) is 28.1. The van der Waals surface area contributed by atoms with Gasteiger partial charge in [-0.2, -0.15) is 5.10 Å². The van der Waals surface area contributed by atoms with Crippen LogP contribution in [0.25, 0.3) is 11.0 Å². The molecule has 9 heteroatoms. The molecule has 2 aliphatic rings. The lowest BCUT2D eigenvalue weighted by Gasteiger charge is -2.24. The van der Waals surface area contributed by atoms with E-state index in [0.717, 1.165) is 70.6 Å². The first-order chi connectivity index (χ1) is 20.0. The van der Waals surface area contributed by atoms with E-state index in [1.54, 1.807) is 12.5 Å². The minimum Gasteiger partial charge on any atom is -0.489 e. The maximum Gasteiger partial charge on any atom is 0.172 e. The van der Waals surface area contributed by atoms with Crippen molar-refractivity contribution in [1.82, 2.24) is 20.0 Å². The van der Waals surface area contributed by atoms with Gasteiger partial charge in [0.2, 0.25) is 0 Å². The number of rotatable bonds is 9. The zero-order valence-electron chi connectivity index (χ0n) is 24.6. The van der Waals surface area contributed by atoms with Crippen molar-refractivity contribution in [3.8, 4) is 11.5 Å². The highest BCUT2D eigenvalue weighted by molar-refractivity contribution is 5.90. The highest BCUT2D eigenvalue weighted by atomic mass is 16.5. The van der Waals surface area contributed by atoms with Gasteiger partial charge in [0, 0.05) is 49.3 Å². The van der Waals surface area contributed by atoms with Crippen molar-refractivity contribution in [2.75, 3.05) is 29.9 Å². The molecule has 1 unspecified atom stereocenters. The van der Waals surface area contributed by atoms with E-state index < -0.39 is 0 Å². The third-order valence-electron chi connectivity index (χ3n) is 7.08. The van der Waals surface area contributed by atoms with Crippen LogP contribution in [0.15, 0.2) is 71.6 Å². The van der Waals surface area contributed by atoms with Crippen molar-refractivity contribution in [2.24, 2.45) is 11.0 Å². The van der Waals surface area contributed by atoms with Gasteiger partial charge in [-0.15, -0.1) is 0 Å². The van der Waals surface area contributed by atoms with Crippen LogP contribution in [0.4, 0.5) is 17.3 Å². The normalized spacial score (nSPS) is 17.9. The van der Waals surface area contributed by atoms with Crippen LogP contribution >= 0.6 is 0 Å². The van der Waals surface area contributed by atoms with Gasteiger partial charge in [-0.05, 0) is 57.0 Å². The summed E-state index contributed by atoms with van der Waals surface area (Å²) in [5.41, 5.74) is 4.30. The fraction of sp³-hybridized carbons (Fsp3) is 0.375. The van der Waals surface area contributed by atoms with Crippen LogP contribution in [-0.4, -0.2) is 45.9 Å². The Morgan fingerprint density at radius 1 is 1.20 bits per heavy atom. The van der Waals surface area contributed by atoms with Crippen molar-refractivity contribution in [3.63, 3.8) is 0 Å². The van der Waals surface area contributed by atoms with Gasteiger partial charge in [0.25, 0.3) is 0 Å². The van der Waals surface area contributed by atoms with Gasteiger partial charge in [0.1, 0.15) is 23.4 Å². The van der Waals surface area contributed by atoms with E-state index in [2.05, 4.69) is 39.1 Å². The summed E-state index contributed by atoms with van der Waals surface area (Å²) in [4.78, 5) is 16.5. The summed E-state index contributed by atoms with van der Waals surface area (Å²) in [6, 6.07) is 7.99. The number of aryl methyl sites for hydroxylation is 1. The molecule has 5 rings (SSSR count). The van der Waals surface area contributed by atoms with Crippen LogP contribution in [0.2, 0.25) is 0 Å². The maximum absolute atomic E-state index is 6.22. The lowest BCUT2D eigenvalue weighted by molar-refractivity contribution is 0.273. The number of aromatic nitrogens is 3. The Bertz CT molecular complexity index is 1510. The summed E-state index contributed by atoms with van der Waals surface area (Å²) in [6.07, 6.45) is 14.6. The number of ether oxygens (including phenoxy) is 2. The highest BCUT2D eigenvalue weighted by Gasteiger charge is 2.24. The van der Waals surface area contributed by atoms with E-state index in [1.807, 2.05) is 74.5 Å². The van der Waals surface area contributed by atoms with Gasteiger partial charge in [0.05, 0.1) is 17.8 Å². The number of unbranched alkanes of at least 4 members (excludes halogenated alkanes) is 2. The second-order valence-electron chi connectivity index (χ2n) is 10.5. The Labute approximate surface area is 242 Å². The molecule has 1 N–H and O–H groups in total. The lowest BCUT2D eigenvalue weighted by atomic mass is 10.1. The third-order valence-corrected chi connectivity index (χ3v) is 7.08. The van der Waals surface area contributed by atoms with Crippen molar-refractivity contribution < 1.29 is 9.47 Å². The molecule has 0 saturated carbocycles. The Balaban J connectivity index is 1.39.